The van der Waals surface area contributed by atoms with E-state index in [0.29, 0.717) is 29.5 Å². The molecular weight excluding hydrogens is 270 g/mol. The van der Waals surface area contributed by atoms with E-state index in [1.807, 2.05) is 0 Å². The molecule has 98 valence electrons. The van der Waals surface area contributed by atoms with Gasteiger partial charge < -0.3 is 5.32 Å². The maximum absolute atomic E-state index is 11.6. The highest BCUT2D eigenvalue weighted by atomic mass is 35.5. The van der Waals surface area contributed by atoms with Gasteiger partial charge in [0.1, 0.15) is 6.04 Å². The quantitative estimate of drug-likeness (QED) is 0.786. The van der Waals surface area contributed by atoms with Gasteiger partial charge in [-0.15, -0.1) is 5.10 Å². The molecule has 3 heterocycles. The SMILES string of the molecule is O=C1CCC(Nc2nc3ccc(Cl)cn3n2)C(=O)N1. The van der Waals surface area contributed by atoms with Crippen LogP contribution in [0.5, 0.6) is 0 Å². The number of amides is 2. The van der Waals surface area contributed by atoms with Crippen LogP contribution in [-0.4, -0.2) is 32.5 Å². The summed E-state index contributed by atoms with van der Waals surface area (Å²) in [6, 6.07) is 2.94. The fourth-order valence-corrected chi connectivity index (χ4v) is 2.06. The topological polar surface area (TPSA) is 88.4 Å². The van der Waals surface area contributed by atoms with Crippen molar-refractivity contribution in [1.82, 2.24) is 19.9 Å². The molecule has 2 amide bonds. The number of carbonyl (C=O) groups is 2. The molecule has 2 N–H and O–H groups in total. The largest absolute Gasteiger partial charge is 0.341 e. The van der Waals surface area contributed by atoms with E-state index in [2.05, 4.69) is 20.7 Å². The van der Waals surface area contributed by atoms with Crippen LogP contribution in [0.4, 0.5) is 5.95 Å². The number of hydrogen-bond acceptors (Lipinski definition) is 5. The van der Waals surface area contributed by atoms with Crippen LogP contribution in [-0.2, 0) is 9.59 Å². The van der Waals surface area contributed by atoms with Crippen molar-refractivity contribution in [2.75, 3.05) is 5.32 Å². The summed E-state index contributed by atoms with van der Waals surface area (Å²) in [6.07, 6.45) is 2.36. The third kappa shape index (κ3) is 2.37. The Morgan fingerprint density at radius 2 is 2.26 bits per heavy atom. The van der Waals surface area contributed by atoms with Gasteiger partial charge in [-0.25, -0.2) is 4.52 Å². The van der Waals surface area contributed by atoms with Gasteiger partial charge in [-0.3, -0.25) is 14.9 Å². The van der Waals surface area contributed by atoms with Crippen LogP contribution in [0.25, 0.3) is 5.65 Å². The predicted molar refractivity (Wildman–Crippen MR) is 67.8 cm³/mol. The Morgan fingerprint density at radius 1 is 1.42 bits per heavy atom. The number of halogens is 1. The summed E-state index contributed by atoms with van der Waals surface area (Å²) >= 11 is 5.85. The van der Waals surface area contributed by atoms with Gasteiger partial charge >= 0.3 is 0 Å². The molecule has 19 heavy (non-hydrogen) atoms. The monoisotopic (exact) mass is 279 g/mol. The van der Waals surface area contributed by atoms with E-state index < -0.39 is 6.04 Å². The van der Waals surface area contributed by atoms with Gasteiger partial charge in [-0.1, -0.05) is 11.6 Å². The van der Waals surface area contributed by atoms with Crippen molar-refractivity contribution in [1.29, 1.82) is 0 Å². The molecule has 1 aliphatic rings. The minimum Gasteiger partial charge on any atom is -0.341 e. The summed E-state index contributed by atoms with van der Waals surface area (Å²) in [4.78, 5) is 26.9. The summed E-state index contributed by atoms with van der Waals surface area (Å²) in [5, 5.41) is 9.89. The van der Waals surface area contributed by atoms with Crippen LogP contribution in [0, 0.1) is 0 Å². The zero-order valence-corrected chi connectivity index (χ0v) is 10.5. The van der Waals surface area contributed by atoms with Crippen LogP contribution in [0.2, 0.25) is 5.02 Å². The minimum absolute atomic E-state index is 0.252. The number of imide groups is 1. The summed E-state index contributed by atoms with van der Waals surface area (Å²) < 4.78 is 1.52. The van der Waals surface area contributed by atoms with E-state index in [-0.39, 0.29) is 11.8 Å². The lowest BCUT2D eigenvalue weighted by atomic mass is 10.1. The number of carbonyl (C=O) groups excluding carboxylic acids is 2. The molecule has 2 aromatic heterocycles. The molecule has 0 aromatic carbocycles. The first kappa shape index (κ1) is 11.9. The molecule has 3 rings (SSSR count). The number of rotatable bonds is 2. The first-order valence-corrected chi connectivity index (χ1v) is 6.12. The molecule has 0 aliphatic carbocycles. The number of nitrogens with one attached hydrogen (secondary N) is 2. The molecule has 1 aliphatic heterocycles. The van der Waals surface area contributed by atoms with Gasteiger partial charge in [0.15, 0.2) is 5.65 Å². The summed E-state index contributed by atoms with van der Waals surface area (Å²) in [5.41, 5.74) is 0.624. The van der Waals surface area contributed by atoms with Crippen LogP contribution in [0.3, 0.4) is 0 Å². The zero-order valence-electron chi connectivity index (χ0n) is 9.76. The van der Waals surface area contributed by atoms with Crippen molar-refractivity contribution in [3.63, 3.8) is 0 Å². The fourth-order valence-electron chi connectivity index (χ4n) is 1.91. The molecular formula is C11H10ClN5O2. The second-order valence-electron chi connectivity index (χ2n) is 4.23. The highest BCUT2D eigenvalue weighted by Gasteiger charge is 2.27. The third-order valence-corrected chi connectivity index (χ3v) is 3.06. The molecule has 0 radical (unpaired) electrons. The number of hydrogen-bond donors (Lipinski definition) is 2. The second kappa shape index (κ2) is 4.51. The van der Waals surface area contributed by atoms with Crippen LogP contribution in [0.15, 0.2) is 18.3 Å². The maximum Gasteiger partial charge on any atom is 0.249 e. The third-order valence-electron chi connectivity index (χ3n) is 2.84. The Labute approximate surface area is 113 Å². The molecule has 0 saturated carbocycles. The lowest BCUT2D eigenvalue weighted by molar-refractivity contribution is -0.133. The van der Waals surface area contributed by atoms with Gasteiger partial charge in [-0.2, -0.15) is 4.98 Å². The molecule has 1 fully saturated rings. The van der Waals surface area contributed by atoms with Crippen molar-refractivity contribution in [3.05, 3.63) is 23.4 Å². The summed E-state index contributed by atoms with van der Waals surface area (Å²) in [7, 11) is 0. The maximum atomic E-state index is 11.6. The highest BCUT2D eigenvalue weighted by Crippen LogP contribution is 2.14. The van der Waals surface area contributed by atoms with E-state index >= 15 is 0 Å². The van der Waals surface area contributed by atoms with E-state index in [0.717, 1.165) is 0 Å². The van der Waals surface area contributed by atoms with E-state index in [1.54, 1.807) is 18.3 Å². The molecule has 8 heteroatoms. The van der Waals surface area contributed by atoms with Gasteiger partial charge in [0.05, 0.1) is 5.02 Å². The molecule has 2 aromatic rings. The van der Waals surface area contributed by atoms with Gasteiger partial charge in [-0.05, 0) is 18.6 Å². The Morgan fingerprint density at radius 3 is 3.05 bits per heavy atom. The van der Waals surface area contributed by atoms with Gasteiger partial charge in [0.2, 0.25) is 17.8 Å². The van der Waals surface area contributed by atoms with Crippen LogP contribution in [0.1, 0.15) is 12.8 Å². The number of fused-ring (bicyclic) bond motifs is 1. The number of piperidine rings is 1. The predicted octanol–water partition coefficient (Wildman–Crippen LogP) is 0.600. The number of anilines is 1. The molecule has 1 saturated heterocycles. The zero-order chi connectivity index (χ0) is 13.4. The molecule has 1 atom stereocenters. The molecule has 0 bridgehead atoms. The highest BCUT2D eigenvalue weighted by molar-refractivity contribution is 6.30. The summed E-state index contributed by atoms with van der Waals surface area (Å²) in [6.45, 7) is 0. The number of pyridine rings is 1. The van der Waals surface area contributed by atoms with Gasteiger partial charge in [0, 0.05) is 12.6 Å². The Balaban J connectivity index is 1.81. The first-order valence-electron chi connectivity index (χ1n) is 5.74. The van der Waals surface area contributed by atoms with Crippen molar-refractivity contribution in [2.45, 2.75) is 18.9 Å². The number of nitrogens with zero attached hydrogens (tertiary/aromatic N) is 3. The average Bonchev–Trinajstić information content (AvgIpc) is 2.74. The van der Waals surface area contributed by atoms with Crippen LogP contribution < -0.4 is 10.6 Å². The number of aromatic nitrogens is 3. The smallest absolute Gasteiger partial charge is 0.249 e. The summed E-state index contributed by atoms with van der Waals surface area (Å²) in [5.74, 6) is -0.275. The molecule has 0 spiro atoms. The van der Waals surface area contributed by atoms with Crippen LogP contribution >= 0.6 is 11.6 Å². The minimum atomic E-state index is -0.495. The lowest BCUT2D eigenvalue weighted by Gasteiger charge is -2.20. The van der Waals surface area contributed by atoms with E-state index in [4.69, 9.17) is 11.6 Å². The normalized spacial score (nSPS) is 19.5. The van der Waals surface area contributed by atoms with E-state index in [1.165, 1.54) is 4.52 Å². The molecule has 7 nitrogen and oxygen atoms in total. The van der Waals surface area contributed by atoms with Crippen molar-refractivity contribution >= 4 is 35.0 Å². The van der Waals surface area contributed by atoms with Crippen molar-refractivity contribution < 1.29 is 9.59 Å². The standard InChI is InChI=1S/C11H10ClN5O2/c12-6-1-3-8-14-11(16-17(8)5-6)13-7-2-4-9(18)15-10(7)19/h1,3,5,7H,2,4H2,(H,13,16)(H,15,18,19). The lowest BCUT2D eigenvalue weighted by Crippen LogP contribution is -2.47. The first-order chi connectivity index (χ1) is 9.11. The average molecular weight is 280 g/mol. The van der Waals surface area contributed by atoms with Crippen molar-refractivity contribution in [2.24, 2.45) is 0 Å². The Hall–Kier alpha value is -2.15. The van der Waals surface area contributed by atoms with Gasteiger partial charge in [0.25, 0.3) is 0 Å². The Kier molecular flexibility index (Phi) is 2.83. The van der Waals surface area contributed by atoms with Crippen molar-refractivity contribution in [3.8, 4) is 0 Å². The fraction of sp³-hybridized carbons (Fsp3) is 0.273. The second-order valence-corrected chi connectivity index (χ2v) is 4.67. The van der Waals surface area contributed by atoms with E-state index in [9.17, 15) is 9.59 Å². The molecule has 1 unspecified atom stereocenters. The Bertz CT molecular complexity index is 668.